The van der Waals surface area contributed by atoms with E-state index < -0.39 is 58.1 Å². The maximum atomic E-state index is 11.1. The van der Waals surface area contributed by atoms with Gasteiger partial charge in [0.2, 0.25) is 0 Å². The quantitative estimate of drug-likeness (QED) is 0.356. The first-order valence-corrected chi connectivity index (χ1v) is 10.1. The molecular weight excluding hydrogens is 412 g/mol. The van der Waals surface area contributed by atoms with Crippen molar-refractivity contribution in [2.75, 3.05) is 6.61 Å². The Balaban J connectivity index is 2.16. The van der Waals surface area contributed by atoms with Crippen molar-refractivity contribution in [3.63, 3.8) is 0 Å². The van der Waals surface area contributed by atoms with Crippen LogP contribution < -0.4 is 0 Å². The molecule has 5 atom stereocenters. The van der Waals surface area contributed by atoms with Gasteiger partial charge in [-0.1, -0.05) is 30.3 Å². The predicted molar refractivity (Wildman–Crippen MR) is 85.8 cm³/mol. The van der Waals surface area contributed by atoms with Crippen molar-refractivity contribution in [2.45, 2.75) is 37.3 Å². The van der Waals surface area contributed by atoms with Crippen LogP contribution in [0.15, 0.2) is 30.3 Å². The van der Waals surface area contributed by atoms with Crippen molar-refractivity contribution in [3.8, 4) is 0 Å². The minimum absolute atomic E-state index is 0.129. The molecule has 27 heavy (non-hydrogen) atoms. The molecule has 0 aliphatic carbocycles. The van der Waals surface area contributed by atoms with E-state index in [1.54, 1.807) is 30.3 Å². The molecule has 12 nitrogen and oxygen atoms in total. The van der Waals surface area contributed by atoms with Crippen molar-refractivity contribution in [1.29, 1.82) is 0 Å². The minimum atomic E-state index is -5.08. The first kappa shape index (κ1) is 22.1. The molecule has 1 aliphatic heterocycles. The summed E-state index contributed by atoms with van der Waals surface area (Å²) in [6.45, 7) is -1.09. The maximum Gasteiger partial charge on any atom is 0.397 e. The standard InChI is InChI=1S/C13H18O12S2/c14-10-9(7-23-26(16,17)18)24-13(15)12(11(10)25-27(19,20)21)22-6-8-4-2-1-3-5-8/h1-5,9-15H,6-7H2,(H,16,17,18)(H,19,20,21)/t9-,10-,11+,12-,13+/m1/s1. The highest BCUT2D eigenvalue weighted by Crippen LogP contribution is 2.27. The Morgan fingerprint density at radius 1 is 0.963 bits per heavy atom. The molecule has 0 saturated carbocycles. The molecule has 14 heteroatoms. The molecule has 1 aromatic carbocycles. The molecule has 1 heterocycles. The second-order valence-corrected chi connectivity index (χ2v) is 7.66. The molecule has 154 valence electrons. The Morgan fingerprint density at radius 2 is 1.59 bits per heavy atom. The van der Waals surface area contributed by atoms with Gasteiger partial charge in [-0.15, -0.1) is 0 Å². The fourth-order valence-corrected chi connectivity index (χ4v) is 3.20. The van der Waals surface area contributed by atoms with Crippen LogP contribution in [0.3, 0.4) is 0 Å². The lowest BCUT2D eigenvalue weighted by atomic mass is 9.99. The third-order valence-electron chi connectivity index (χ3n) is 3.54. The zero-order chi connectivity index (χ0) is 20.2. The number of aliphatic hydroxyl groups excluding tert-OH is 2. The van der Waals surface area contributed by atoms with Crippen LogP contribution in [-0.2, 0) is 45.2 Å². The van der Waals surface area contributed by atoms with Crippen LogP contribution in [0.1, 0.15) is 5.56 Å². The van der Waals surface area contributed by atoms with Gasteiger partial charge in [0, 0.05) is 0 Å². The first-order valence-electron chi connectivity index (χ1n) is 7.41. The van der Waals surface area contributed by atoms with Gasteiger partial charge in [0.1, 0.15) is 24.4 Å². The molecule has 4 N–H and O–H groups in total. The molecule has 0 spiro atoms. The number of aliphatic hydroxyl groups is 2. The Kier molecular flexibility index (Phi) is 7.26. The van der Waals surface area contributed by atoms with E-state index in [-0.39, 0.29) is 6.61 Å². The second-order valence-electron chi connectivity index (χ2n) is 5.52. The number of rotatable bonds is 8. The van der Waals surface area contributed by atoms with E-state index in [0.717, 1.165) is 0 Å². The molecule has 1 aliphatic rings. The van der Waals surface area contributed by atoms with Gasteiger partial charge in [-0.05, 0) is 5.56 Å². The molecule has 0 amide bonds. The highest BCUT2D eigenvalue weighted by Gasteiger charge is 2.48. The van der Waals surface area contributed by atoms with Crippen LogP contribution in [0.2, 0.25) is 0 Å². The Labute approximate surface area is 155 Å². The van der Waals surface area contributed by atoms with Gasteiger partial charge < -0.3 is 19.7 Å². The summed E-state index contributed by atoms with van der Waals surface area (Å²) in [5.74, 6) is 0. The van der Waals surface area contributed by atoms with E-state index in [1.807, 2.05) is 0 Å². The summed E-state index contributed by atoms with van der Waals surface area (Å²) < 4.78 is 79.7. The average Bonchev–Trinajstić information content (AvgIpc) is 2.55. The topological polar surface area (TPSA) is 186 Å². The lowest BCUT2D eigenvalue weighted by Crippen LogP contribution is -2.60. The van der Waals surface area contributed by atoms with Crippen LogP contribution in [0, 0.1) is 0 Å². The summed E-state index contributed by atoms with van der Waals surface area (Å²) >= 11 is 0. The summed E-state index contributed by atoms with van der Waals surface area (Å²) in [6.07, 6.45) is -8.83. The van der Waals surface area contributed by atoms with Gasteiger partial charge in [-0.25, -0.2) is 8.37 Å². The molecule has 2 rings (SSSR count). The Morgan fingerprint density at radius 3 is 2.15 bits per heavy atom. The van der Waals surface area contributed by atoms with Crippen LogP contribution in [0.5, 0.6) is 0 Å². The van der Waals surface area contributed by atoms with E-state index in [2.05, 4.69) is 8.37 Å². The zero-order valence-electron chi connectivity index (χ0n) is 13.6. The van der Waals surface area contributed by atoms with Crippen LogP contribution >= 0.6 is 0 Å². The molecule has 0 aromatic heterocycles. The molecule has 1 fully saturated rings. The lowest BCUT2D eigenvalue weighted by Gasteiger charge is -2.41. The molecular formula is C13H18O12S2. The number of hydrogen-bond acceptors (Lipinski definition) is 10. The van der Waals surface area contributed by atoms with Crippen LogP contribution in [0.25, 0.3) is 0 Å². The van der Waals surface area contributed by atoms with Gasteiger partial charge >= 0.3 is 20.8 Å². The summed E-state index contributed by atoms with van der Waals surface area (Å²) in [5, 5.41) is 20.3. The summed E-state index contributed by atoms with van der Waals surface area (Å²) in [7, 11) is -9.97. The summed E-state index contributed by atoms with van der Waals surface area (Å²) in [4.78, 5) is 0. The summed E-state index contributed by atoms with van der Waals surface area (Å²) in [5.41, 5.74) is 0.640. The largest absolute Gasteiger partial charge is 0.397 e. The normalized spacial score (nSPS) is 29.6. The predicted octanol–water partition coefficient (Wildman–Crippen LogP) is -1.34. The second kappa shape index (κ2) is 8.87. The first-order chi connectivity index (χ1) is 12.5. The van der Waals surface area contributed by atoms with Crippen molar-refractivity contribution >= 4 is 20.8 Å². The van der Waals surface area contributed by atoms with Gasteiger partial charge in [-0.3, -0.25) is 9.11 Å². The van der Waals surface area contributed by atoms with E-state index in [0.29, 0.717) is 5.56 Å². The van der Waals surface area contributed by atoms with E-state index in [4.69, 9.17) is 18.6 Å². The Hall–Kier alpha value is -1.20. The van der Waals surface area contributed by atoms with E-state index in [1.165, 1.54) is 0 Å². The third-order valence-corrected chi connectivity index (χ3v) is 4.44. The highest BCUT2D eigenvalue weighted by molar-refractivity contribution is 7.81. The smallest absolute Gasteiger partial charge is 0.387 e. The van der Waals surface area contributed by atoms with Gasteiger partial charge in [0.05, 0.1) is 13.2 Å². The van der Waals surface area contributed by atoms with Gasteiger partial charge in [0.15, 0.2) is 6.29 Å². The average molecular weight is 430 g/mol. The highest BCUT2D eigenvalue weighted by atomic mass is 32.3. The number of ether oxygens (including phenoxy) is 2. The van der Waals surface area contributed by atoms with Crippen molar-refractivity contribution in [2.24, 2.45) is 0 Å². The fraction of sp³-hybridized carbons (Fsp3) is 0.538. The van der Waals surface area contributed by atoms with Crippen LogP contribution in [0.4, 0.5) is 0 Å². The van der Waals surface area contributed by atoms with Crippen LogP contribution in [-0.4, -0.2) is 73.5 Å². The number of hydrogen-bond donors (Lipinski definition) is 4. The van der Waals surface area contributed by atoms with Crippen molar-refractivity contribution in [1.82, 2.24) is 0 Å². The van der Waals surface area contributed by atoms with E-state index >= 15 is 0 Å². The molecule has 0 radical (unpaired) electrons. The molecule has 1 aromatic rings. The SMILES string of the molecule is O=S(=O)(O)OC[C@H]1O[C@H](O)[C@H](OCc2ccccc2)[C@@H](OS(=O)(=O)O)[C@@H]1O. The van der Waals surface area contributed by atoms with Crippen molar-refractivity contribution < 1.29 is 54.0 Å². The zero-order valence-corrected chi connectivity index (χ0v) is 15.2. The third kappa shape index (κ3) is 7.04. The fourth-order valence-electron chi connectivity index (χ4n) is 2.39. The number of benzene rings is 1. The van der Waals surface area contributed by atoms with E-state index in [9.17, 15) is 27.0 Å². The Bertz CT molecular complexity index is 809. The monoisotopic (exact) mass is 430 g/mol. The molecule has 0 unspecified atom stereocenters. The summed E-state index contributed by atoms with van der Waals surface area (Å²) in [6, 6.07) is 8.50. The molecule has 1 saturated heterocycles. The van der Waals surface area contributed by atoms with Gasteiger partial charge in [0.25, 0.3) is 0 Å². The lowest BCUT2D eigenvalue weighted by molar-refractivity contribution is -0.292. The molecule has 0 bridgehead atoms. The van der Waals surface area contributed by atoms with Gasteiger partial charge in [-0.2, -0.15) is 16.8 Å². The maximum absolute atomic E-state index is 11.1. The minimum Gasteiger partial charge on any atom is -0.387 e. The van der Waals surface area contributed by atoms with Crippen molar-refractivity contribution in [3.05, 3.63) is 35.9 Å².